The third-order valence-electron chi connectivity index (χ3n) is 9.77. The molecule has 2 unspecified atom stereocenters. The van der Waals surface area contributed by atoms with Gasteiger partial charge in [-0.25, -0.2) is 13.2 Å². The first-order chi connectivity index (χ1) is 24.4. The predicted molar refractivity (Wildman–Crippen MR) is 189 cm³/mol. The number of fused-ring (bicyclic) bond motifs is 1. The molecule has 1 aliphatic carbocycles. The summed E-state index contributed by atoms with van der Waals surface area (Å²) in [5.74, 6) is 0.778. The minimum atomic E-state index is -7.08. The molecular weight excluding hydrogens is 786 g/mol. The topological polar surface area (TPSA) is 69.5 Å². The van der Waals surface area contributed by atoms with Crippen molar-refractivity contribution in [3.8, 4) is 11.5 Å². The predicted octanol–water partition coefficient (Wildman–Crippen LogP) is 9.86. The zero-order valence-electron chi connectivity index (χ0n) is 33.4. The second-order valence-corrected chi connectivity index (χ2v) is 19.8. The molecule has 1 heterocycles. The summed E-state index contributed by atoms with van der Waals surface area (Å²) in [7, 11) is 0. The first-order valence-corrected chi connectivity index (χ1v) is 18.9. The molecule has 0 amide bonds. The maximum atomic E-state index is 12.0. The quantitative estimate of drug-likeness (QED) is 0.303. The maximum absolute atomic E-state index is 12.0. The summed E-state index contributed by atoms with van der Waals surface area (Å²) in [5.41, 5.74) is -1.18. The second-order valence-electron chi connectivity index (χ2n) is 18.5. The van der Waals surface area contributed by atoms with Gasteiger partial charge in [0.05, 0.1) is 0 Å². The molecule has 2 aromatic carbocycles. The number of alkyl halides is 9. The van der Waals surface area contributed by atoms with Crippen molar-refractivity contribution in [2.45, 2.75) is 167 Å². The van der Waals surface area contributed by atoms with Crippen molar-refractivity contribution in [3.63, 3.8) is 0 Å². The van der Waals surface area contributed by atoms with E-state index in [1.807, 2.05) is 0 Å². The average Bonchev–Trinajstić information content (AvgIpc) is 3.31. The van der Waals surface area contributed by atoms with Crippen molar-refractivity contribution in [1.29, 1.82) is 0 Å². The number of hydrogen-bond donors (Lipinski definition) is 2. The Morgan fingerprint density at radius 3 is 1.09 bits per heavy atom. The summed E-state index contributed by atoms with van der Waals surface area (Å²) >= 11 is 1.10. The van der Waals surface area contributed by atoms with Crippen LogP contribution in [0.5, 0.6) is 11.5 Å². The van der Waals surface area contributed by atoms with E-state index in [2.05, 4.69) is 127 Å². The van der Waals surface area contributed by atoms with Gasteiger partial charge in [0.25, 0.3) is 0 Å². The van der Waals surface area contributed by atoms with Gasteiger partial charge in [-0.2, -0.15) is 26.3 Å². The number of aromatic hydroxyl groups is 2. The van der Waals surface area contributed by atoms with Gasteiger partial charge in [-0.3, -0.25) is 0 Å². The molecule has 4 rings (SSSR count). The van der Waals surface area contributed by atoms with Gasteiger partial charge in [0.1, 0.15) is 0 Å². The maximum Gasteiger partial charge on any atom is 0.436 e. The Morgan fingerprint density at radius 2 is 0.873 bits per heavy atom. The number of phenolic OH excluding ortho intramolecular Hbond substituents is 2. The van der Waals surface area contributed by atoms with Gasteiger partial charge < -0.3 is 5.11 Å². The van der Waals surface area contributed by atoms with Crippen LogP contribution in [0.15, 0.2) is 24.3 Å². The number of nitrogens with zero attached hydrogens (tertiary/aromatic N) is 2. The van der Waals surface area contributed by atoms with E-state index in [9.17, 15) is 54.8 Å². The van der Waals surface area contributed by atoms with E-state index in [1.165, 1.54) is 24.0 Å². The molecule has 313 valence electrons. The molecular formula is C40H54CoF9N2O3+. The van der Waals surface area contributed by atoms with E-state index in [-0.39, 0.29) is 21.7 Å². The fourth-order valence-corrected chi connectivity index (χ4v) is 7.95. The molecule has 2 atom stereocenters. The normalized spacial score (nSPS) is 20.9. The van der Waals surface area contributed by atoms with Crippen LogP contribution in [-0.2, 0) is 36.8 Å². The Bertz CT molecular complexity index is 1640. The third kappa shape index (κ3) is 10.0. The van der Waals surface area contributed by atoms with Crippen molar-refractivity contribution in [2.75, 3.05) is 0 Å². The number of benzene rings is 2. The molecule has 1 saturated heterocycles. The van der Waals surface area contributed by atoms with E-state index in [0.29, 0.717) is 23.6 Å². The van der Waals surface area contributed by atoms with Gasteiger partial charge in [-0.15, -0.1) is 0 Å². The van der Waals surface area contributed by atoms with Gasteiger partial charge in [0, 0.05) is 0 Å². The van der Waals surface area contributed by atoms with Crippen LogP contribution in [0, 0.1) is 0 Å². The van der Waals surface area contributed by atoms with E-state index < -0.39 is 24.1 Å². The van der Waals surface area contributed by atoms with E-state index in [0.717, 1.165) is 50.2 Å². The van der Waals surface area contributed by atoms with Crippen LogP contribution in [0.25, 0.3) is 0 Å². The zero-order chi connectivity index (χ0) is 42.7. The Labute approximate surface area is 324 Å². The largest absolute Gasteiger partial charge is 0.795 e. The zero-order valence-corrected chi connectivity index (χ0v) is 34.4. The number of rotatable bonds is 3. The molecule has 15 heteroatoms. The molecule has 0 radical (unpaired) electrons. The molecule has 1 aliphatic heterocycles. The third-order valence-corrected chi connectivity index (χ3v) is 11.2. The van der Waals surface area contributed by atoms with Crippen molar-refractivity contribution in [3.05, 3.63) is 57.6 Å². The average molecular weight is 841 g/mol. The van der Waals surface area contributed by atoms with E-state index in [1.54, 1.807) is 0 Å². The van der Waals surface area contributed by atoms with Gasteiger partial charge >= 0.3 is 275 Å². The van der Waals surface area contributed by atoms with Gasteiger partial charge in [-0.05, 0) is 0 Å². The molecule has 0 aromatic heterocycles. The van der Waals surface area contributed by atoms with Crippen molar-refractivity contribution >= 4 is 12.4 Å². The fourth-order valence-electron chi connectivity index (χ4n) is 6.32. The van der Waals surface area contributed by atoms with Crippen molar-refractivity contribution < 1.29 is 77.2 Å². The summed E-state index contributed by atoms with van der Waals surface area (Å²) in [6, 6.07) is 9.47. The summed E-state index contributed by atoms with van der Waals surface area (Å²) < 4.78 is 108. The van der Waals surface area contributed by atoms with Crippen LogP contribution in [0.1, 0.15) is 142 Å². The van der Waals surface area contributed by atoms with Gasteiger partial charge in [-0.1, -0.05) is 0 Å². The van der Waals surface area contributed by atoms with Crippen LogP contribution in [0.4, 0.5) is 39.5 Å². The molecule has 2 aliphatic rings. The number of hydrogen-bond acceptors (Lipinski definition) is 3. The second kappa shape index (κ2) is 15.2. The molecule has 55 heavy (non-hydrogen) atoms. The van der Waals surface area contributed by atoms with Crippen LogP contribution in [-0.4, -0.2) is 66.1 Å². The number of phenols is 2. The SMILES string of the molecule is CC(C)(C)c1cc(C=[N+]2[Co][N+](=Cc3cc(C(C)(C)C)cc(C(C)(C)C)c3O)C3CCCCC32)c(O)c(C(C)(C)C)c1.[O-]C(F)(F)C(F)(C(F)(F)F)C(F)(F)F. The van der Waals surface area contributed by atoms with E-state index in [4.69, 9.17) is 0 Å². The summed E-state index contributed by atoms with van der Waals surface area (Å²) in [6.45, 7) is 26.4. The molecule has 0 bridgehead atoms. The van der Waals surface area contributed by atoms with Crippen LogP contribution < -0.4 is 5.11 Å². The smallest absolute Gasteiger partial charge is 0.436 e. The standard InChI is InChI=1S/C36H54N2O2.C4F9O.Co/c1-33(2,3)25-17-23(31(39)27(19-25)35(7,8)9)21-37-29-15-13-14-16-30(29)38-22-24-18-26(34(4,5)6)20-28(32(24)40)36(10,11)12;5-1(2(6,7)8,3(9,10)11)4(12,13)14;/h17-22,29-30,39-40H,13-16H2,1-12H3;;/q;-1;+2. The summed E-state index contributed by atoms with van der Waals surface area (Å²) in [4.78, 5) is 0. The minimum Gasteiger partial charge on any atom is -0.795 e. The first-order valence-electron chi connectivity index (χ1n) is 18.0. The first kappa shape index (κ1) is 46.6. The van der Waals surface area contributed by atoms with Crippen LogP contribution >= 0.6 is 0 Å². The molecule has 0 spiro atoms. The molecule has 5 nitrogen and oxygen atoms in total. The number of halogens is 9. The Balaban J connectivity index is 0.000000493. The molecule has 2 N–H and O–H groups in total. The molecule has 1 saturated carbocycles. The summed E-state index contributed by atoms with van der Waals surface area (Å²) in [6.07, 6.45) is -11.8. The van der Waals surface area contributed by atoms with Crippen molar-refractivity contribution in [1.82, 2.24) is 0 Å². The minimum absolute atomic E-state index is 0.0216. The fraction of sp³-hybridized carbons (Fsp3) is 0.650. The Kier molecular flexibility index (Phi) is 12.9. The van der Waals surface area contributed by atoms with Crippen LogP contribution in [0.3, 0.4) is 0 Å². The van der Waals surface area contributed by atoms with Gasteiger partial charge in [0.15, 0.2) is 0 Å². The van der Waals surface area contributed by atoms with Crippen molar-refractivity contribution in [2.24, 2.45) is 0 Å². The Hall–Kier alpha value is -2.78. The molecule has 2 fully saturated rings. The van der Waals surface area contributed by atoms with E-state index >= 15 is 0 Å². The summed E-state index contributed by atoms with van der Waals surface area (Å²) in [5, 5.41) is 32.3. The van der Waals surface area contributed by atoms with Crippen LogP contribution in [0.2, 0.25) is 0 Å². The monoisotopic (exact) mass is 840 g/mol. The molecule has 2 aromatic rings. The Morgan fingerprint density at radius 1 is 0.564 bits per heavy atom. The van der Waals surface area contributed by atoms with Gasteiger partial charge in [0.2, 0.25) is 6.11 Å².